The van der Waals surface area contributed by atoms with Crippen molar-refractivity contribution in [3.8, 4) is 0 Å². The molecular weight excluding hydrogens is 356 g/mol. The largest absolute Gasteiger partial charge is 0.323 e. The van der Waals surface area contributed by atoms with Gasteiger partial charge in [0, 0.05) is 22.3 Å². The maximum atomic E-state index is 7.00. The van der Waals surface area contributed by atoms with Crippen LogP contribution in [0.5, 0.6) is 0 Å². The summed E-state index contributed by atoms with van der Waals surface area (Å²) >= 11 is 0. The zero-order valence-corrected chi connectivity index (χ0v) is 16.1. The molecule has 0 bridgehead atoms. The van der Waals surface area contributed by atoms with Crippen molar-refractivity contribution in [3.63, 3.8) is 0 Å². The zero-order chi connectivity index (χ0) is 20.2. The van der Waals surface area contributed by atoms with Crippen molar-refractivity contribution in [1.29, 1.82) is 0 Å². The summed E-state index contributed by atoms with van der Waals surface area (Å²) in [7, 11) is 0. The van der Waals surface area contributed by atoms with Crippen LogP contribution in [0.1, 0.15) is 22.3 Å². The summed E-state index contributed by atoms with van der Waals surface area (Å²) in [6.07, 6.45) is 0. The second-order valence-corrected chi connectivity index (χ2v) is 7.04. The van der Waals surface area contributed by atoms with Gasteiger partial charge in [0.15, 0.2) is 11.4 Å². The predicted molar refractivity (Wildman–Crippen MR) is 117 cm³/mol. The molecule has 0 spiro atoms. The van der Waals surface area contributed by atoms with Crippen LogP contribution >= 0.6 is 0 Å². The van der Waals surface area contributed by atoms with E-state index in [4.69, 9.17) is 16.2 Å². The first-order valence-corrected chi connectivity index (χ1v) is 9.63. The Balaban J connectivity index is 1.91. The monoisotopic (exact) mass is 380 g/mol. The summed E-state index contributed by atoms with van der Waals surface area (Å²) in [5.74, 6) is 0. The van der Waals surface area contributed by atoms with E-state index in [-0.39, 0.29) is 0 Å². The van der Waals surface area contributed by atoms with Crippen LogP contribution < -0.4 is 11.5 Å². The number of hydrogen-bond donors (Lipinski definition) is 2. The highest BCUT2D eigenvalue weighted by Crippen LogP contribution is 2.38. The van der Waals surface area contributed by atoms with Crippen LogP contribution in [0.4, 0.5) is 0 Å². The van der Waals surface area contributed by atoms with Gasteiger partial charge in [0.1, 0.15) is 0 Å². The quantitative estimate of drug-likeness (QED) is 0.476. The second-order valence-electron chi connectivity index (χ2n) is 7.04. The average molecular weight is 380 g/mol. The lowest BCUT2D eigenvalue weighted by Crippen LogP contribution is -2.52. The van der Waals surface area contributed by atoms with E-state index in [1.165, 1.54) is 0 Å². The Morgan fingerprint density at radius 3 is 0.793 bits per heavy atom. The predicted octanol–water partition coefficient (Wildman–Crippen LogP) is 4.72. The number of rotatable bonds is 6. The van der Waals surface area contributed by atoms with Crippen LogP contribution in [0.3, 0.4) is 0 Å². The van der Waals surface area contributed by atoms with E-state index >= 15 is 0 Å². The SMILES string of the molecule is NC(OC(N)(c1ccccc1)c1ccccc1)(c1ccccc1)c1ccccc1. The molecule has 0 heterocycles. The zero-order valence-electron chi connectivity index (χ0n) is 16.1. The molecule has 4 aromatic rings. The third-order valence-electron chi connectivity index (χ3n) is 5.13. The normalized spacial score (nSPS) is 11.9. The summed E-state index contributed by atoms with van der Waals surface area (Å²) < 4.78 is 6.73. The van der Waals surface area contributed by atoms with Crippen molar-refractivity contribution in [2.45, 2.75) is 11.4 Å². The van der Waals surface area contributed by atoms with E-state index in [2.05, 4.69) is 0 Å². The van der Waals surface area contributed by atoms with Gasteiger partial charge in [0.2, 0.25) is 0 Å². The third kappa shape index (κ3) is 3.71. The molecule has 4 aromatic carbocycles. The fourth-order valence-corrected chi connectivity index (χ4v) is 3.57. The van der Waals surface area contributed by atoms with Gasteiger partial charge in [0.05, 0.1) is 0 Å². The van der Waals surface area contributed by atoms with Crippen molar-refractivity contribution < 1.29 is 4.74 Å². The van der Waals surface area contributed by atoms with Gasteiger partial charge < -0.3 is 4.74 Å². The van der Waals surface area contributed by atoms with Crippen LogP contribution in [0, 0.1) is 0 Å². The lowest BCUT2D eigenvalue weighted by atomic mass is 9.90. The maximum absolute atomic E-state index is 7.00. The molecule has 0 aliphatic heterocycles. The van der Waals surface area contributed by atoms with Gasteiger partial charge in [-0.25, -0.2) is 0 Å². The van der Waals surface area contributed by atoms with Crippen molar-refractivity contribution >= 4 is 0 Å². The number of benzene rings is 4. The fourth-order valence-electron chi connectivity index (χ4n) is 3.57. The summed E-state index contributed by atoms with van der Waals surface area (Å²) in [6, 6.07) is 39.1. The van der Waals surface area contributed by atoms with Crippen molar-refractivity contribution in [2.75, 3.05) is 0 Å². The third-order valence-corrected chi connectivity index (χ3v) is 5.13. The Morgan fingerprint density at radius 2 is 0.586 bits per heavy atom. The van der Waals surface area contributed by atoms with Crippen LogP contribution in [-0.2, 0) is 16.2 Å². The van der Waals surface area contributed by atoms with Crippen LogP contribution in [0.15, 0.2) is 121 Å². The van der Waals surface area contributed by atoms with Gasteiger partial charge in [-0.3, -0.25) is 11.5 Å². The summed E-state index contributed by atoms with van der Waals surface area (Å²) in [5, 5.41) is 0. The Kier molecular flexibility index (Phi) is 5.28. The van der Waals surface area contributed by atoms with Gasteiger partial charge in [-0.05, 0) is 0 Å². The highest BCUT2D eigenvalue weighted by Gasteiger charge is 2.42. The second kappa shape index (κ2) is 8.02. The minimum atomic E-state index is -1.25. The molecule has 0 saturated carbocycles. The highest BCUT2D eigenvalue weighted by molar-refractivity contribution is 5.39. The summed E-state index contributed by atoms with van der Waals surface area (Å²) in [4.78, 5) is 0. The van der Waals surface area contributed by atoms with E-state index in [1.807, 2.05) is 121 Å². The summed E-state index contributed by atoms with van der Waals surface area (Å²) in [6.45, 7) is 0. The Hall–Kier alpha value is -3.24. The molecule has 144 valence electrons. The van der Waals surface area contributed by atoms with Gasteiger partial charge in [-0.1, -0.05) is 121 Å². The lowest BCUT2D eigenvalue weighted by Gasteiger charge is -2.41. The highest BCUT2D eigenvalue weighted by atomic mass is 16.5. The average Bonchev–Trinajstić information content (AvgIpc) is 2.81. The molecule has 0 aromatic heterocycles. The minimum Gasteiger partial charge on any atom is -0.323 e. The molecule has 0 amide bonds. The lowest BCUT2D eigenvalue weighted by molar-refractivity contribution is -0.120. The van der Waals surface area contributed by atoms with Crippen molar-refractivity contribution in [2.24, 2.45) is 11.5 Å². The molecule has 3 nitrogen and oxygen atoms in total. The molecule has 3 heteroatoms. The first-order valence-electron chi connectivity index (χ1n) is 9.63. The number of hydrogen-bond acceptors (Lipinski definition) is 3. The van der Waals surface area contributed by atoms with Crippen molar-refractivity contribution in [1.82, 2.24) is 0 Å². The van der Waals surface area contributed by atoms with Gasteiger partial charge in [0.25, 0.3) is 0 Å². The molecule has 0 aliphatic carbocycles. The molecule has 0 unspecified atom stereocenters. The minimum absolute atomic E-state index is 0.827. The molecule has 0 fully saturated rings. The van der Waals surface area contributed by atoms with E-state index in [0.29, 0.717) is 0 Å². The first kappa shape index (κ1) is 19.1. The number of nitrogens with two attached hydrogens (primary N) is 2. The smallest absolute Gasteiger partial charge is 0.172 e. The molecule has 0 atom stereocenters. The topological polar surface area (TPSA) is 61.3 Å². The molecule has 0 saturated heterocycles. The van der Waals surface area contributed by atoms with Crippen molar-refractivity contribution in [3.05, 3.63) is 144 Å². The van der Waals surface area contributed by atoms with E-state index in [0.717, 1.165) is 22.3 Å². The van der Waals surface area contributed by atoms with Crippen LogP contribution in [0.25, 0.3) is 0 Å². The Morgan fingerprint density at radius 1 is 0.379 bits per heavy atom. The van der Waals surface area contributed by atoms with Crippen LogP contribution in [-0.4, -0.2) is 0 Å². The first-order chi connectivity index (χ1) is 14.1. The van der Waals surface area contributed by atoms with Gasteiger partial charge in [-0.15, -0.1) is 0 Å². The molecule has 4 N–H and O–H groups in total. The molecule has 29 heavy (non-hydrogen) atoms. The number of ether oxygens (including phenoxy) is 1. The van der Waals surface area contributed by atoms with Gasteiger partial charge in [-0.2, -0.15) is 0 Å². The molecule has 4 rings (SSSR count). The Labute approximate surface area is 171 Å². The van der Waals surface area contributed by atoms with E-state index in [9.17, 15) is 0 Å². The maximum Gasteiger partial charge on any atom is 0.172 e. The van der Waals surface area contributed by atoms with Gasteiger partial charge >= 0.3 is 0 Å². The van der Waals surface area contributed by atoms with E-state index < -0.39 is 11.4 Å². The Bertz CT molecular complexity index is 869. The fraction of sp³-hybridized carbons (Fsp3) is 0.0769. The molecule has 0 aliphatic rings. The van der Waals surface area contributed by atoms with Crippen LogP contribution in [0.2, 0.25) is 0 Å². The molecular formula is C26H24N2O. The standard InChI is InChI=1S/C26H24N2O/c27-25(21-13-5-1-6-14-21,22-15-7-2-8-16-22)29-26(28,23-17-9-3-10-18-23)24-19-11-4-12-20-24/h1-20H,27-28H2. The molecule has 0 radical (unpaired) electrons. The van der Waals surface area contributed by atoms with E-state index in [1.54, 1.807) is 0 Å². The summed E-state index contributed by atoms with van der Waals surface area (Å²) in [5.41, 5.74) is 14.8.